The van der Waals surface area contributed by atoms with Crippen LogP contribution in [0.4, 0.5) is 10.1 Å². The van der Waals surface area contributed by atoms with Gasteiger partial charge in [-0.2, -0.15) is 0 Å². The van der Waals surface area contributed by atoms with Crippen molar-refractivity contribution in [3.05, 3.63) is 66.0 Å². The summed E-state index contributed by atoms with van der Waals surface area (Å²) in [6.07, 6.45) is 0. The third-order valence-electron chi connectivity index (χ3n) is 4.79. The Morgan fingerprint density at radius 2 is 1.75 bits per heavy atom. The summed E-state index contributed by atoms with van der Waals surface area (Å²) in [5.74, 6) is -0.613. The average molecular weight is 386 g/mol. The molecule has 0 aromatic heterocycles. The molecule has 1 heterocycles. The van der Waals surface area contributed by atoms with Crippen molar-refractivity contribution < 1.29 is 23.6 Å². The number of nitrogens with zero attached hydrogens (tertiary/aromatic N) is 1. The number of carbonyl (C=O) groups is 2. The summed E-state index contributed by atoms with van der Waals surface area (Å²) in [4.78, 5) is 28.2. The van der Waals surface area contributed by atoms with E-state index in [2.05, 4.69) is 5.32 Å². The number of hydrogen-bond donors (Lipinski definition) is 2. The second-order valence-electron chi connectivity index (χ2n) is 6.86. The first-order valence-electron chi connectivity index (χ1n) is 9.34. The van der Waals surface area contributed by atoms with Crippen LogP contribution in [0.25, 0.3) is 0 Å². The molecule has 1 saturated heterocycles. The molecule has 0 saturated carbocycles. The summed E-state index contributed by atoms with van der Waals surface area (Å²) in [5.41, 5.74) is 1.33. The number of ether oxygens (including phenoxy) is 1. The van der Waals surface area contributed by atoms with Crippen molar-refractivity contribution in [1.82, 2.24) is 4.90 Å². The topological polar surface area (TPSA) is 63.1 Å². The molecule has 2 aromatic carbocycles. The van der Waals surface area contributed by atoms with Gasteiger partial charge >= 0.3 is 0 Å². The molecule has 3 rings (SSSR count). The molecule has 1 aliphatic rings. The Morgan fingerprint density at radius 3 is 2.39 bits per heavy atom. The summed E-state index contributed by atoms with van der Waals surface area (Å²) in [5, 5.41) is 2.83. The first kappa shape index (κ1) is 20.0. The smallest absolute Gasteiger partial charge is 0.287 e. The lowest BCUT2D eigenvalue weighted by Crippen LogP contribution is -3.11. The molecule has 2 N–H and O–H groups in total. The van der Waals surface area contributed by atoms with Crippen molar-refractivity contribution in [1.29, 1.82) is 0 Å². The lowest BCUT2D eigenvalue weighted by molar-refractivity contribution is -0.894. The maximum absolute atomic E-state index is 13.1. The predicted molar refractivity (Wildman–Crippen MR) is 103 cm³/mol. The Kier molecular flexibility index (Phi) is 6.73. The van der Waals surface area contributed by atoms with E-state index in [1.807, 2.05) is 37.4 Å². The zero-order chi connectivity index (χ0) is 19.9. The van der Waals surface area contributed by atoms with E-state index in [1.165, 1.54) is 24.3 Å². The number of anilines is 1. The van der Waals surface area contributed by atoms with Gasteiger partial charge in [0, 0.05) is 24.3 Å². The van der Waals surface area contributed by atoms with Gasteiger partial charge in [-0.25, -0.2) is 4.39 Å². The minimum Gasteiger partial charge on any atom is -0.378 e. The van der Waals surface area contributed by atoms with Crippen LogP contribution in [0.3, 0.4) is 0 Å². The van der Waals surface area contributed by atoms with E-state index >= 15 is 0 Å². The molecule has 0 spiro atoms. The van der Waals surface area contributed by atoms with Crippen LogP contribution < -0.4 is 10.2 Å². The van der Waals surface area contributed by atoms with Gasteiger partial charge in [0.05, 0.1) is 20.3 Å². The van der Waals surface area contributed by atoms with Gasteiger partial charge in [0.1, 0.15) is 5.82 Å². The second-order valence-corrected chi connectivity index (χ2v) is 6.86. The Balaban J connectivity index is 1.75. The lowest BCUT2D eigenvalue weighted by atomic mass is 10.0. The molecule has 0 bridgehead atoms. The van der Waals surface area contributed by atoms with E-state index in [-0.39, 0.29) is 24.2 Å². The van der Waals surface area contributed by atoms with Crippen LogP contribution in [0.5, 0.6) is 0 Å². The number of halogens is 1. The Labute approximate surface area is 163 Å². The van der Waals surface area contributed by atoms with Gasteiger partial charge in [-0.15, -0.1) is 0 Å². The highest BCUT2D eigenvalue weighted by Gasteiger charge is 2.32. The Bertz CT molecular complexity index is 792. The van der Waals surface area contributed by atoms with Gasteiger partial charge in [-0.3, -0.25) is 9.59 Å². The largest absolute Gasteiger partial charge is 0.378 e. The van der Waals surface area contributed by atoms with Crippen molar-refractivity contribution in [2.45, 2.75) is 6.04 Å². The van der Waals surface area contributed by atoms with Gasteiger partial charge in [0.25, 0.3) is 11.8 Å². The Morgan fingerprint density at radius 1 is 1.11 bits per heavy atom. The van der Waals surface area contributed by atoms with E-state index in [0.29, 0.717) is 32.0 Å². The fourth-order valence-electron chi connectivity index (χ4n) is 3.32. The molecule has 2 amide bonds. The number of amides is 2. The summed E-state index contributed by atoms with van der Waals surface area (Å²) in [7, 11) is 1.83. The number of quaternary nitrogens is 1. The van der Waals surface area contributed by atoms with E-state index in [0.717, 1.165) is 10.5 Å². The number of morpholine rings is 1. The molecule has 148 valence electrons. The highest BCUT2D eigenvalue weighted by Crippen LogP contribution is 2.14. The molecular weight excluding hydrogens is 361 g/mol. The van der Waals surface area contributed by atoms with Crippen LogP contribution in [0.2, 0.25) is 0 Å². The zero-order valence-electron chi connectivity index (χ0n) is 15.9. The summed E-state index contributed by atoms with van der Waals surface area (Å²) >= 11 is 0. The maximum atomic E-state index is 13.1. The fraction of sp³-hybridized carbons (Fsp3) is 0.333. The monoisotopic (exact) mass is 386 g/mol. The fourth-order valence-corrected chi connectivity index (χ4v) is 3.32. The third-order valence-corrected chi connectivity index (χ3v) is 4.79. The summed E-state index contributed by atoms with van der Waals surface area (Å²) in [6.45, 7) is 2.42. The quantitative estimate of drug-likeness (QED) is 0.775. The van der Waals surface area contributed by atoms with Gasteiger partial charge in [-0.1, -0.05) is 30.3 Å². The zero-order valence-corrected chi connectivity index (χ0v) is 15.9. The molecule has 7 heteroatoms. The van der Waals surface area contributed by atoms with E-state index in [1.54, 1.807) is 4.90 Å². The highest BCUT2D eigenvalue weighted by atomic mass is 19.1. The van der Waals surface area contributed by atoms with Crippen LogP contribution in [-0.2, 0) is 14.3 Å². The van der Waals surface area contributed by atoms with E-state index in [4.69, 9.17) is 4.74 Å². The molecule has 2 aromatic rings. The van der Waals surface area contributed by atoms with Crippen molar-refractivity contribution in [3.8, 4) is 0 Å². The molecule has 28 heavy (non-hydrogen) atoms. The normalized spacial score (nSPS) is 16.3. The van der Waals surface area contributed by atoms with Crippen molar-refractivity contribution in [2.75, 3.05) is 45.2 Å². The van der Waals surface area contributed by atoms with Gasteiger partial charge in [0.2, 0.25) is 0 Å². The number of benzene rings is 2. The van der Waals surface area contributed by atoms with Crippen molar-refractivity contribution in [3.63, 3.8) is 0 Å². The molecule has 1 unspecified atom stereocenters. The lowest BCUT2D eigenvalue weighted by Gasteiger charge is -2.29. The van der Waals surface area contributed by atoms with Crippen LogP contribution in [-0.4, -0.2) is 56.6 Å². The summed E-state index contributed by atoms with van der Waals surface area (Å²) < 4.78 is 18.4. The predicted octanol–water partition coefficient (Wildman–Crippen LogP) is 0.879. The number of likely N-dealkylation sites (N-methyl/N-ethyl adjacent to an activating group) is 1. The van der Waals surface area contributed by atoms with Crippen LogP contribution in [0, 0.1) is 5.82 Å². The standard InChI is InChI=1S/C21H24FN3O3/c1-24(15-19(26)25-11-13-28-14-12-25)20(16-5-3-2-4-6-16)21(27)23-18-9-7-17(22)8-10-18/h2-10,20H,11-15H2,1H3,(H,23,27)/p+1/t20-/m1/s1. The van der Waals surface area contributed by atoms with Crippen molar-refractivity contribution >= 4 is 17.5 Å². The molecule has 2 atom stereocenters. The number of hydrogen-bond acceptors (Lipinski definition) is 3. The number of nitrogens with one attached hydrogen (secondary N) is 2. The molecule has 1 fully saturated rings. The second kappa shape index (κ2) is 9.43. The van der Waals surface area contributed by atoms with Crippen LogP contribution in [0.15, 0.2) is 54.6 Å². The Hall–Kier alpha value is -2.77. The van der Waals surface area contributed by atoms with Gasteiger partial charge < -0.3 is 19.9 Å². The van der Waals surface area contributed by atoms with Crippen molar-refractivity contribution in [2.24, 2.45) is 0 Å². The maximum Gasteiger partial charge on any atom is 0.287 e. The number of rotatable bonds is 6. The molecule has 6 nitrogen and oxygen atoms in total. The highest BCUT2D eigenvalue weighted by molar-refractivity contribution is 5.94. The van der Waals surface area contributed by atoms with Gasteiger partial charge in [0.15, 0.2) is 12.6 Å². The van der Waals surface area contributed by atoms with Crippen LogP contribution >= 0.6 is 0 Å². The molecule has 1 aliphatic heterocycles. The van der Waals surface area contributed by atoms with E-state index in [9.17, 15) is 14.0 Å². The number of carbonyl (C=O) groups excluding carboxylic acids is 2. The summed E-state index contributed by atoms with van der Waals surface area (Å²) in [6, 6.07) is 14.4. The minimum absolute atomic E-state index is 0.00341. The van der Waals surface area contributed by atoms with E-state index < -0.39 is 6.04 Å². The van der Waals surface area contributed by atoms with Gasteiger partial charge in [-0.05, 0) is 24.3 Å². The minimum atomic E-state index is -0.573. The first-order valence-corrected chi connectivity index (χ1v) is 9.34. The molecular formula is C21H25FN3O3+. The van der Waals surface area contributed by atoms with Crippen LogP contribution in [0.1, 0.15) is 11.6 Å². The molecule has 0 aliphatic carbocycles. The third kappa shape index (κ3) is 5.15. The first-order chi connectivity index (χ1) is 13.5. The SMILES string of the molecule is C[NH+](CC(=O)N1CCOCC1)[C@@H](C(=O)Nc1ccc(F)cc1)c1ccccc1. The average Bonchev–Trinajstić information content (AvgIpc) is 2.71. The molecule has 0 radical (unpaired) electrons.